The number of aromatic nitrogens is 2. The highest BCUT2D eigenvalue weighted by molar-refractivity contribution is 5.81. The van der Waals surface area contributed by atoms with Crippen molar-refractivity contribution < 1.29 is 9.32 Å². The molecule has 1 saturated carbocycles. The Morgan fingerprint density at radius 3 is 2.61 bits per heavy atom. The van der Waals surface area contributed by atoms with E-state index in [9.17, 15) is 4.79 Å². The number of hydrogen-bond acceptors (Lipinski definition) is 5. The minimum Gasteiger partial charge on any atom is -0.352 e. The molecule has 1 fully saturated rings. The molecular weight excluding hydrogens is 232 g/mol. The lowest BCUT2D eigenvalue weighted by molar-refractivity contribution is -0.122. The van der Waals surface area contributed by atoms with Crippen LogP contribution < -0.4 is 11.1 Å². The van der Waals surface area contributed by atoms with E-state index in [0.29, 0.717) is 11.7 Å². The zero-order valence-corrected chi connectivity index (χ0v) is 10.8. The third kappa shape index (κ3) is 3.07. The predicted molar refractivity (Wildman–Crippen MR) is 65.8 cm³/mol. The molecular formula is C12H20N4O2. The second-order valence-electron chi connectivity index (χ2n) is 5.03. The van der Waals surface area contributed by atoms with Gasteiger partial charge in [0.25, 0.3) is 0 Å². The van der Waals surface area contributed by atoms with Gasteiger partial charge >= 0.3 is 0 Å². The quantitative estimate of drug-likeness (QED) is 0.832. The molecule has 1 aliphatic rings. The third-order valence-corrected chi connectivity index (χ3v) is 3.38. The molecule has 18 heavy (non-hydrogen) atoms. The number of rotatable bonds is 3. The number of nitrogens with one attached hydrogen (secondary N) is 1. The molecule has 1 aliphatic carbocycles. The summed E-state index contributed by atoms with van der Waals surface area (Å²) in [6.07, 6.45) is 3.80. The second-order valence-corrected chi connectivity index (χ2v) is 5.03. The number of carbonyl (C=O) groups excluding carboxylic acids is 1. The first kappa shape index (κ1) is 13.0. The molecule has 1 aromatic heterocycles. The van der Waals surface area contributed by atoms with Gasteiger partial charge in [0, 0.05) is 12.0 Å². The van der Waals surface area contributed by atoms with E-state index in [4.69, 9.17) is 10.3 Å². The minimum atomic E-state index is -0.443. The SMILES string of the molecule is Cc1noc(C2CCC(NC(=O)[C@@H](C)N)CC2)n1. The first-order valence-corrected chi connectivity index (χ1v) is 6.42. The van der Waals surface area contributed by atoms with Gasteiger partial charge in [0.1, 0.15) is 0 Å². The van der Waals surface area contributed by atoms with Crippen LogP contribution in [0.5, 0.6) is 0 Å². The summed E-state index contributed by atoms with van der Waals surface area (Å²) in [5, 5.41) is 6.77. The number of aryl methyl sites for hydroxylation is 1. The van der Waals surface area contributed by atoms with Crippen molar-refractivity contribution >= 4 is 5.91 Å². The van der Waals surface area contributed by atoms with Crippen molar-refractivity contribution in [2.24, 2.45) is 5.73 Å². The molecule has 6 nitrogen and oxygen atoms in total. The molecule has 1 heterocycles. The van der Waals surface area contributed by atoms with Crippen LogP contribution in [0, 0.1) is 6.92 Å². The molecule has 0 saturated heterocycles. The van der Waals surface area contributed by atoms with Gasteiger partial charge in [-0.25, -0.2) is 0 Å². The van der Waals surface area contributed by atoms with Crippen molar-refractivity contribution in [3.05, 3.63) is 11.7 Å². The molecule has 3 N–H and O–H groups in total. The third-order valence-electron chi connectivity index (χ3n) is 3.38. The minimum absolute atomic E-state index is 0.0768. The zero-order valence-electron chi connectivity index (χ0n) is 10.8. The van der Waals surface area contributed by atoms with Crippen molar-refractivity contribution in [1.82, 2.24) is 15.5 Å². The van der Waals surface area contributed by atoms with Crippen LogP contribution in [0.3, 0.4) is 0 Å². The fraction of sp³-hybridized carbons (Fsp3) is 0.750. The summed E-state index contributed by atoms with van der Waals surface area (Å²) in [7, 11) is 0. The molecule has 1 amide bonds. The normalized spacial score (nSPS) is 25.7. The summed E-state index contributed by atoms with van der Waals surface area (Å²) in [4.78, 5) is 15.8. The van der Waals surface area contributed by atoms with Crippen LogP contribution >= 0.6 is 0 Å². The van der Waals surface area contributed by atoms with Crippen molar-refractivity contribution in [3.8, 4) is 0 Å². The predicted octanol–water partition coefficient (Wildman–Crippen LogP) is 0.868. The summed E-state index contributed by atoms with van der Waals surface area (Å²) in [6.45, 7) is 3.52. The van der Waals surface area contributed by atoms with E-state index < -0.39 is 6.04 Å². The summed E-state index contributed by atoms with van der Waals surface area (Å²) in [6, 6.07) is -0.218. The summed E-state index contributed by atoms with van der Waals surface area (Å²) < 4.78 is 5.19. The Morgan fingerprint density at radius 2 is 2.11 bits per heavy atom. The van der Waals surface area contributed by atoms with Gasteiger partial charge in [0.2, 0.25) is 11.8 Å². The van der Waals surface area contributed by atoms with E-state index >= 15 is 0 Å². The Bertz CT molecular complexity index is 408. The molecule has 1 atom stereocenters. The average Bonchev–Trinajstić information content (AvgIpc) is 2.76. The highest BCUT2D eigenvalue weighted by Crippen LogP contribution is 2.31. The summed E-state index contributed by atoms with van der Waals surface area (Å²) >= 11 is 0. The standard InChI is InChI=1S/C12H20N4O2/c1-7(13)11(17)15-10-5-3-9(4-6-10)12-14-8(2)16-18-12/h7,9-10H,3-6,13H2,1-2H3,(H,15,17)/t7-,9?,10?/m1/s1. The van der Waals surface area contributed by atoms with Crippen LogP contribution in [0.2, 0.25) is 0 Å². The van der Waals surface area contributed by atoms with Gasteiger partial charge < -0.3 is 15.6 Å². The van der Waals surface area contributed by atoms with Gasteiger partial charge in [-0.3, -0.25) is 4.79 Å². The Hall–Kier alpha value is -1.43. The van der Waals surface area contributed by atoms with Crippen molar-refractivity contribution in [3.63, 3.8) is 0 Å². The van der Waals surface area contributed by atoms with Crippen LogP contribution in [0.1, 0.15) is 50.2 Å². The first-order chi connectivity index (χ1) is 8.56. The fourth-order valence-electron chi connectivity index (χ4n) is 2.30. The van der Waals surface area contributed by atoms with Gasteiger partial charge in [0.15, 0.2) is 5.82 Å². The monoisotopic (exact) mass is 252 g/mol. The van der Waals surface area contributed by atoms with Gasteiger partial charge in [0.05, 0.1) is 6.04 Å². The number of carbonyl (C=O) groups is 1. The lowest BCUT2D eigenvalue weighted by Crippen LogP contribution is -2.45. The Kier molecular flexibility index (Phi) is 3.96. The van der Waals surface area contributed by atoms with E-state index in [1.165, 1.54) is 0 Å². The molecule has 0 radical (unpaired) electrons. The molecule has 0 unspecified atom stereocenters. The highest BCUT2D eigenvalue weighted by atomic mass is 16.5. The van der Waals surface area contributed by atoms with E-state index in [2.05, 4.69) is 15.5 Å². The molecule has 0 bridgehead atoms. The maximum absolute atomic E-state index is 11.5. The number of hydrogen-bond donors (Lipinski definition) is 2. The van der Waals surface area contributed by atoms with Gasteiger partial charge in [-0.1, -0.05) is 5.16 Å². The zero-order chi connectivity index (χ0) is 13.1. The second kappa shape index (κ2) is 5.48. The fourth-order valence-corrected chi connectivity index (χ4v) is 2.30. The molecule has 0 aromatic carbocycles. The molecule has 2 rings (SSSR count). The molecule has 1 aromatic rings. The van der Waals surface area contributed by atoms with Crippen LogP contribution in [0.15, 0.2) is 4.52 Å². The highest BCUT2D eigenvalue weighted by Gasteiger charge is 2.27. The van der Waals surface area contributed by atoms with Gasteiger partial charge in [-0.05, 0) is 39.5 Å². The van der Waals surface area contributed by atoms with Gasteiger partial charge in [-0.15, -0.1) is 0 Å². The lowest BCUT2D eigenvalue weighted by Gasteiger charge is -2.27. The largest absolute Gasteiger partial charge is 0.352 e. The Balaban J connectivity index is 1.83. The summed E-state index contributed by atoms with van der Waals surface area (Å²) in [5.41, 5.74) is 5.53. The van der Waals surface area contributed by atoms with Crippen molar-refractivity contribution in [2.45, 2.75) is 57.5 Å². The number of nitrogens with two attached hydrogens (primary N) is 1. The van der Waals surface area contributed by atoms with E-state index in [1.54, 1.807) is 6.92 Å². The maximum Gasteiger partial charge on any atom is 0.236 e. The van der Waals surface area contributed by atoms with E-state index in [0.717, 1.165) is 31.6 Å². The number of nitrogens with zero attached hydrogens (tertiary/aromatic N) is 2. The topological polar surface area (TPSA) is 94.0 Å². The molecule has 0 aliphatic heterocycles. The lowest BCUT2D eigenvalue weighted by atomic mass is 9.86. The van der Waals surface area contributed by atoms with Crippen LogP contribution in [0.4, 0.5) is 0 Å². The van der Waals surface area contributed by atoms with E-state index in [1.807, 2.05) is 6.92 Å². The van der Waals surface area contributed by atoms with Crippen LogP contribution in [-0.2, 0) is 4.79 Å². The van der Waals surface area contributed by atoms with Crippen molar-refractivity contribution in [1.29, 1.82) is 0 Å². The smallest absolute Gasteiger partial charge is 0.236 e. The molecule has 6 heteroatoms. The first-order valence-electron chi connectivity index (χ1n) is 6.42. The van der Waals surface area contributed by atoms with Crippen LogP contribution in [0.25, 0.3) is 0 Å². The molecule has 0 spiro atoms. The van der Waals surface area contributed by atoms with Crippen molar-refractivity contribution in [2.75, 3.05) is 0 Å². The average molecular weight is 252 g/mol. The molecule has 100 valence electrons. The van der Waals surface area contributed by atoms with E-state index in [-0.39, 0.29) is 11.9 Å². The summed E-state index contributed by atoms with van der Waals surface area (Å²) in [5.74, 6) is 1.66. The Labute approximate surface area is 106 Å². The Morgan fingerprint density at radius 1 is 1.44 bits per heavy atom. The van der Waals surface area contributed by atoms with Gasteiger partial charge in [-0.2, -0.15) is 4.98 Å². The van der Waals surface area contributed by atoms with Crippen LogP contribution in [-0.4, -0.2) is 28.1 Å². The number of amides is 1. The maximum atomic E-state index is 11.5.